The van der Waals surface area contributed by atoms with Gasteiger partial charge in [-0.25, -0.2) is 8.42 Å². The molecular formula is C22H29N3O5S. The van der Waals surface area contributed by atoms with Gasteiger partial charge >= 0.3 is 0 Å². The third-order valence-electron chi connectivity index (χ3n) is 6.15. The maximum absolute atomic E-state index is 13.3. The Kier molecular flexibility index (Phi) is 6.62. The van der Waals surface area contributed by atoms with Crippen LogP contribution >= 0.6 is 0 Å². The zero-order chi connectivity index (χ0) is 21.8. The van der Waals surface area contributed by atoms with Crippen molar-refractivity contribution in [2.45, 2.75) is 62.8 Å². The smallest absolute Gasteiger partial charge is 0.248 e. The van der Waals surface area contributed by atoms with E-state index >= 15 is 0 Å². The number of piperidine rings is 1. The van der Waals surface area contributed by atoms with Gasteiger partial charge in [0.15, 0.2) is 10.7 Å². The Morgan fingerprint density at radius 2 is 1.90 bits per heavy atom. The van der Waals surface area contributed by atoms with Crippen LogP contribution in [-0.4, -0.2) is 42.9 Å². The molecule has 1 saturated heterocycles. The molecule has 2 fully saturated rings. The van der Waals surface area contributed by atoms with Gasteiger partial charge in [-0.3, -0.25) is 4.79 Å². The molecule has 4 rings (SSSR count). The van der Waals surface area contributed by atoms with Crippen LogP contribution in [-0.2, 0) is 14.8 Å². The van der Waals surface area contributed by atoms with Crippen LogP contribution in [0.3, 0.4) is 0 Å². The van der Waals surface area contributed by atoms with Crippen LogP contribution in [0, 0.1) is 12.8 Å². The third kappa shape index (κ3) is 4.93. The second-order valence-electron chi connectivity index (χ2n) is 8.33. The van der Waals surface area contributed by atoms with Crippen molar-refractivity contribution in [2.24, 2.45) is 5.92 Å². The monoisotopic (exact) mass is 447 g/mol. The van der Waals surface area contributed by atoms with E-state index in [9.17, 15) is 13.2 Å². The summed E-state index contributed by atoms with van der Waals surface area (Å²) in [6.45, 7) is 2.22. The van der Waals surface area contributed by atoms with Crippen LogP contribution in [0.25, 0.3) is 12.2 Å². The van der Waals surface area contributed by atoms with Gasteiger partial charge in [0.1, 0.15) is 11.5 Å². The molecule has 168 valence electrons. The van der Waals surface area contributed by atoms with Crippen molar-refractivity contribution in [3.8, 4) is 0 Å². The average Bonchev–Trinajstić information content (AvgIpc) is 3.42. The number of aromatic nitrogens is 1. The molecule has 0 aromatic carbocycles. The lowest BCUT2D eigenvalue weighted by atomic mass is 9.93. The Morgan fingerprint density at radius 1 is 1.16 bits per heavy atom. The van der Waals surface area contributed by atoms with Gasteiger partial charge in [-0.15, -0.1) is 0 Å². The lowest BCUT2D eigenvalue weighted by molar-refractivity contribution is -0.127. The number of furan rings is 1. The minimum atomic E-state index is -3.78. The molecule has 0 atom stereocenters. The number of nitrogens with zero attached hydrogens (tertiary/aromatic N) is 2. The number of nitrogens with one attached hydrogen (secondary N) is 1. The van der Waals surface area contributed by atoms with Crippen molar-refractivity contribution in [1.82, 2.24) is 14.8 Å². The van der Waals surface area contributed by atoms with Crippen LogP contribution in [0.4, 0.5) is 0 Å². The van der Waals surface area contributed by atoms with Crippen LogP contribution in [0.2, 0.25) is 0 Å². The Bertz CT molecular complexity index is 1010. The molecule has 1 amide bonds. The van der Waals surface area contributed by atoms with Gasteiger partial charge in [0, 0.05) is 25.0 Å². The number of sulfonamides is 1. The summed E-state index contributed by atoms with van der Waals surface area (Å²) in [7, 11) is -3.78. The maximum atomic E-state index is 13.3. The van der Waals surface area contributed by atoms with Crippen LogP contribution in [0.15, 0.2) is 32.2 Å². The molecule has 1 aliphatic heterocycles. The molecule has 0 radical (unpaired) electrons. The summed E-state index contributed by atoms with van der Waals surface area (Å²) in [6, 6.07) is 3.78. The number of carbonyl (C=O) groups is 1. The predicted octanol–water partition coefficient (Wildman–Crippen LogP) is 3.60. The number of hydrogen-bond donors (Lipinski definition) is 1. The zero-order valence-electron chi connectivity index (χ0n) is 17.7. The van der Waals surface area contributed by atoms with Gasteiger partial charge in [0.25, 0.3) is 0 Å². The molecule has 3 heterocycles. The highest BCUT2D eigenvalue weighted by Crippen LogP contribution is 2.29. The molecule has 0 unspecified atom stereocenters. The Labute approximate surface area is 182 Å². The number of carbonyl (C=O) groups excluding carboxylic acids is 1. The van der Waals surface area contributed by atoms with Gasteiger partial charge in [0.2, 0.25) is 15.9 Å². The normalized spacial score (nSPS) is 19.8. The van der Waals surface area contributed by atoms with E-state index in [0.29, 0.717) is 37.4 Å². The summed E-state index contributed by atoms with van der Waals surface area (Å²) >= 11 is 0. The largest absolute Gasteiger partial charge is 0.465 e. The molecule has 9 heteroatoms. The second kappa shape index (κ2) is 9.40. The molecule has 1 N–H and O–H groups in total. The second-order valence-corrected chi connectivity index (χ2v) is 10.2. The molecule has 0 bridgehead atoms. The van der Waals surface area contributed by atoms with E-state index in [1.807, 2.05) is 0 Å². The fraction of sp³-hybridized carbons (Fsp3) is 0.545. The molecule has 1 aliphatic carbocycles. The van der Waals surface area contributed by atoms with Crippen molar-refractivity contribution in [1.29, 1.82) is 0 Å². The minimum absolute atomic E-state index is 0.0622. The van der Waals surface area contributed by atoms with E-state index in [-0.39, 0.29) is 28.5 Å². The third-order valence-corrected chi connectivity index (χ3v) is 8.21. The summed E-state index contributed by atoms with van der Waals surface area (Å²) in [6.07, 6.45) is 11.4. The molecular weight excluding hydrogens is 418 g/mol. The summed E-state index contributed by atoms with van der Waals surface area (Å²) in [5.74, 6) is 0.677. The van der Waals surface area contributed by atoms with E-state index in [0.717, 1.165) is 25.7 Å². The first-order valence-corrected chi connectivity index (χ1v) is 12.4. The first kappa shape index (κ1) is 21.8. The molecule has 1 saturated carbocycles. The van der Waals surface area contributed by atoms with Crippen LogP contribution in [0.1, 0.15) is 62.2 Å². The van der Waals surface area contributed by atoms with Gasteiger partial charge < -0.3 is 14.3 Å². The highest BCUT2D eigenvalue weighted by atomic mass is 32.2. The van der Waals surface area contributed by atoms with E-state index in [1.54, 1.807) is 31.2 Å². The van der Waals surface area contributed by atoms with Crippen molar-refractivity contribution in [3.63, 3.8) is 0 Å². The predicted molar refractivity (Wildman–Crippen MR) is 115 cm³/mol. The number of amides is 1. The summed E-state index contributed by atoms with van der Waals surface area (Å²) in [5, 5.41) is 7.03. The lowest BCUT2D eigenvalue weighted by Gasteiger charge is -2.32. The number of rotatable bonds is 6. The fourth-order valence-electron chi connectivity index (χ4n) is 4.40. The Balaban J connectivity index is 1.41. The summed E-state index contributed by atoms with van der Waals surface area (Å²) in [5.41, 5.74) is 0.316. The van der Waals surface area contributed by atoms with Gasteiger partial charge in [-0.2, -0.15) is 4.31 Å². The number of aryl methyl sites for hydroxylation is 1. The van der Waals surface area contributed by atoms with Crippen molar-refractivity contribution >= 4 is 28.1 Å². The molecule has 2 aliphatic rings. The topological polar surface area (TPSA) is 106 Å². The van der Waals surface area contributed by atoms with E-state index in [2.05, 4.69) is 10.5 Å². The van der Waals surface area contributed by atoms with E-state index < -0.39 is 10.0 Å². The van der Waals surface area contributed by atoms with Crippen molar-refractivity contribution < 1.29 is 22.2 Å². The summed E-state index contributed by atoms with van der Waals surface area (Å²) in [4.78, 5) is 12.7. The lowest BCUT2D eigenvalue weighted by Crippen LogP contribution is -2.45. The summed E-state index contributed by atoms with van der Waals surface area (Å²) < 4.78 is 38.6. The fourth-order valence-corrected chi connectivity index (χ4v) is 6.12. The quantitative estimate of drug-likeness (QED) is 0.725. The standard InChI is InChI=1S/C22H29N3O5S/c1-16-21(20(30-24-16)10-9-19-8-5-15-29-19)31(27,28)25-13-11-17(12-14-25)22(26)23-18-6-3-2-4-7-18/h5,8-10,15,17-18H,2-4,6-7,11-14H2,1H3,(H,23,26)/b10-9+. The van der Waals surface area contributed by atoms with Crippen molar-refractivity contribution in [3.05, 3.63) is 35.6 Å². The highest BCUT2D eigenvalue weighted by Gasteiger charge is 2.36. The molecule has 2 aromatic rings. The molecule has 8 nitrogen and oxygen atoms in total. The van der Waals surface area contributed by atoms with Crippen LogP contribution < -0.4 is 5.32 Å². The van der Waals surface area contributed by atoms with Crippen molar-refractivity contribution in [2.75, 3.05) is 13.1 Å². The first-order chi connectivity index (χ1) is 14.9. The zero-order valence-corrected chi connectivity index (χ0v) is 18.6. The average molecular weight is 448 g/mol. The highest BCUT2D eigenvalue weighted by molar-refractivity contribution is 7.89. The molecule has 0 spiro atoms. The van der Waals surface area contributed by atoms with Gasteiger partial charge in [-0.05, 0) is 56.9 Å². The SMILES string of the molecule is Cc1noc(/C=C/c2ccco2)c1S(=O)(=O)N1CCC(C(=O)NC2CCCCC2)CC1. The number of hydrogen-bond acceptors (Lipinski definition) is 6. The first-order valence-electron chi connectivity index (χ1n) is 10.9. The molecule has 31 heavy (non-hydrogen) atoms. The minimum Gasteiger partial charge on any atom is -0.465 e. The Morgan fingerprint density at radius 3 is 2.58 bits per heavy atom. The van der Waals surface area contributed by atoms with E-state index in [1.165, 1.54) is 17.0 Å². The molecule has 2 aromatic heterocycles. The Hall–Kier alpha value is -2.39. The van der Waals surface area contributed by atoms with Gasteiger partial charge in [0.05, 0.1) is 6.26 Å². The van der Waals surface area contributed by atoms with Crippen LogP contribution in [0.5, 0.6) is 0 Å². The van der Waals surface area contributed by atoms with Gasteiger partial charge in [-0.1, -0.05) is 24.4 Å². The maximum Gasteiger partial charge on any atom is 0.248 e. The van der Waals surface area contributed by atoms with E-state index in [4.69, 9.17) is 8.94 Å².